The molecule has 0 atom stereocenters. The first-order chi connectivity index (χ1) is 8.92. The Balaban J connectivity index is 1.76. The van der Waals surface area contributed by atoms with E-state index in [-0.39, 0.29) is 5.54 Å². The Bertz CT molecular complexity index is 388. The summed E-state index contributed by atoms with van der Waals surface area (Å²) in [5.41, 5.74) is 0.133. The summed E-state index contributed by atoms with van der Waals surface area (Å²) in [4.78, 5) is 2.38. The van der Waals surface area contributed by atoms with Gasteiger partial charge in [0.1, 0.15) is 11.5 Å². The fourth-order valence-electron chi connectivity index (χ4n) is 2.40. The van der Waals surface area contributed by atoms with E-state index in [0.717, 1.165) is 30.5 Å². The van der Waals surface area contributed by atoms with Crippen LogP contribution in [0.4, 0.5) is 0 Å². The smallest absolute Gasteiger partial charge is 0.118 e. The van der Waals surface area contributed by atoms with Gasteiger partial charge in [0.05, 0.1) is 13.1 Å². The molecule has 3 heteroatoms. The van der Waals surface area contributed by atoms with Crippen LogP contribution in [0.3, 0.4) is 0 Å². The van der Waals surface area contributed by atoms with Crippen LogP contribution in [-0.2, 0) is 13.1 Å². The Labute approximate surface area is 117 Å². The Morgan fingerprint density at radius 2 is 1.95 bits per heavy atom. The van der Waals surface area contributed by atoms with Crippen molar-refractivity contribution >= 4 is 0 Å². The third-order valence-electron chi connectivity index (χ3n) is 3.73. The first-order valence-electron chi connectivity index (χ1n) is 7.43. The normalized spacial score (nSPS) is 16.9. The molecular formula is C16H28N2O. The predicted molar refractivity (Wildman–Crippen MR) is 79.0 cm³/mol. The SMILES string of the molecule is CN(Cc1ccc(CNC(C)(C)C)o1)CC1CCC1. The minimum atomic E-state index is 0.133. The van der Waals surface area contributed by atoms with Crippen LogP contribution in [0.25, 0.3) is 0 Å². The number of furan rings is 1. The molecule has 1 heterocycles. The summed E-state index contributed by atoms with van der Waals surface area (Å²) in [6, 6.07) is 4.20. The lowest BCUT2D eigenvalue weighted by Crippen LogP contribution is -2.34. The van der Waals surface area contributed by atoms with E-state index in [4.69, 9.17) is 4.42 Å². The van der Waals surface area contributed by atoms with E-state index < -0.39 is 0 Å². The number of rotatable bonds is 6. The lowest BCUT2D eigenvalue weighted by molar-refractivity contribution is 0.190. The summed E-state index contributed by atoms with van der Waals surface area (Å²) >= 11 is 0. The predicted octanol–water partition coefficient (Wildman–Crippen LogP) is 3.40. The largest absolute Gasteiger partial charge is 0.463 e. The summed E-state index contributed by atoms with van der Waals surface area (Å²) in [5, 5.41) is 3.45. The molecule has 19 heavy (non-hydrogen) atoms. The van der Waals surface area contributed by atoms with Crippen molar-refractivity contribution in [3.8, 4) is 0 Å². The molecular weight excluding hydrogens is 236 g/mol. The molecule has 0 bridgehead atoms. The molecule has 1 aliphatic carbocycles. The minimum absolute atomic E-state index is 0.133. The summed E-state index contributed by atoms with van der Waals surface area (Å²) in [6.45, 7) is 9.44. The standard InChI is InChI=1S/C16H28N2O/c1-16(2,3)17-10-14-8-9-15(19-14)12-18(4)11-13-6-5-7-13/h8-9,13,17H,5-7,10-12H2,1-4H3. The fraction of sp³-hybridized carbons (Fsp3) is 0.750. The van der Waals surface area contributed by atoms with Crippen LogP contribution in [0, 0.1) is 5.92 Å². The highest BCUT2D eigenvalue weighted by molar-refractivity contribution is 5.07. The van der Waals surface area contributed by atoms with Crippen LogP contribution in [0.2, 0.25) is 0 Å². The lowest BCUT2D eigenvalue weighted by atomic mass is 9.85. The van der Waals surface area contributed by atoms with Gasteiger partial charge in [-0.25, -0.2) is 0 Å². The van der Waals surface area contributed by atoms with E-state index in [0.29, 0.717) is 0 Å². The molecule has 1 saturated carbocycles. The van der Waals surface area contributed by atoms with Crippen LogP contribution >= 0.6 is 0 Å². The van der Waals surface area contributed by atoms with Gasteiger partial charge in [0.25, 0.3) is 0 Å². The maximum Gasteiger partial charge on any atom is 0.118 e. The van der Waals surface area contributed by atoms with Gasteiger partial charge in [0.2, 0.25) is 0 Å². The average Bonchev–Trinajstić information content (AvgIpc) is 2.68. The highest BCUT2D eigenvalue weighted by Crippen LogP contribution is 2.27. The topological polar surface area (TPSA) is 28.4 Å². The molecule has 0 saturated heterocycles. The van der Waals surface area contributed by atoms with Crippen molar-refractivity contribution in [3.05, 3.63) is 23.7 Å². The van der Waals surface area contributed by atoms with E-state index in [1.807, 2.05) is 0 Å². The third-order valence-corrected chi connectivity index (χ3v) is 3.73. The van der Waals surface area contributed by atoms with E-state index >= 15 is 0 Å². The first-order valence-corrected chi connectivity index (χ1v) is 7.43. The number of hydrogen-bond donors (Lipinski definition) is 1. The fourth-order valence-corrected chi connectivity index (χ4v) is 2.40. The Hall–Kier alpha value is -0.800. The highest BCUT2D eigenvalue weighted by Gasteiger charge is 2.19. The number of nitrogens with zero attached hydrogens (tertiary/aromatic N) is 1. The minimum Gasteiger partial charge on any atom is -0.463 e. The van der Waals surface area contributed by atoms with Gasteiger partial charge in [-0.3, -0.25) is 4.90 Å². The van der Waals surface area contributed by atoms with Gasteiger partial charge >= 0.3 is 0 Å². The zero-order valence-electron chi connectivity index (χ0n) is 12.8. The van der Waals surface area contributed by atoms with Crippen LogP contribution in [-0.4, -0.2) is 24.0 Å². The van der Waals surface area contributed by atoms with Crippen LogP contribution in [0.1, 0.15) is 51.6 Å². The van der Waals surface area contributed by atoms with Crippen LogP contribution < -0.4 is 5.32 Å². The van der Waals surface area contributed by atoms with Crippen molar-refractivity contribution in [2.24, 2.45) is 5.92 Å². The summed E-state index contributed by atoms with van der Waals surface area (Å²) in [7, 11) is 2.19. The zero-order valence-corrected chi connectivity index (χ0v) is 12.8. The maximum atomic E-state index is 5.88. The van der Waals surface area contributed by atoms with Crippen molar-refractivity contribution in [1.82, 2.24) is 10.2 Å². The molecule has 0 aromatic carbocycles. The molecule has 0 radical (unpaired) electrons. The molecule has 2 rings (SSSR count). The molecule has 1 aliphatic rings. The van der Waals surface area contributed by atoms with E-state index in [1.54, 1.807) is 0 Å². The molecule has 1 fully saturated rings. The van der Waals surface area contributed by atoms with Gasteiger partial charge in [0.15, 0.2) is 0 Å². The average molecular weight is 264 g/mol. The Morgan fingerprint density at radius 3 is 2.53 bits per heavy atom. The van der Waals surface area contributed by atoms with E-state index in [9.17, 15) is 0 Å². The lowest BCUT2D eigenvalue weighted by Gasteiger charge is -2.29. The van der Waals surface area contributed by atoms with Gasteiger partial charge in [-0.15, -0.1) is 0 Å². The molecule has 1 N–H and O–H groups in total. The van der Waals surface area contributed by atoms with Crippen LogP contribution in [0.5, 0.6) is 0 Å². The van der Waals surface area contributed by atoms with Gasteiger partial charge in [-0.05, 0) is 58.7 Å². The zero-order chi connectivity index (χ0) is 13.9. The highest BCUT2D eigenvalue weighted by atomic mass is 16.3. The molecule has 108 valence electrons. The second-order valence-corrected chi connectivity index (χ2v) is 6.97. The molecule has 3 nitrogen and oxygen atoms in total. The quantitative estimate of drug-likeness (QED) is 0.853. The second kappa shape index (κ2) is 6.10. The van der Waals surface area contributed by atoms with Crippen molar-refractivity contribution in [1.29, 1.82) is 0 Å². The first kappa shape index (κ1) is 14.6. The van der Waals surface area contributed by atoms with Crippen molar-refractivity contribution in [2.75, 3.05) is 13.6 Å². The van der Waals surface area contributed by atoms with Crippen molar-refractivity contribution in [2.45, 2.75) is 58.7 Å². The van der Waals surface area contributed by atoms with Gasteiger partial charge in [0, 0.05) is 12.1 Å². The Morgan fingerprint density at radius 1 is 1.26 bits per heavy atom. The molecule has 1 aromatic rings. The molecule has 0 amide bonds. The van der Waals surface area contributed by atoms with Gasteiger partial charge in [-0.2, -0.15) is 0 Å². The van der Waals surface area contributed by atoms with E-state index in [2.05, 4.69) is 50.2 Å². The second-order valence-electron chi connectivity index (χ2n) is 6.97. The van der Waals surface area contributed by atoms with Crippen molar-refractivity contribution in [3.63, 3.8) is 0 Å². The molecule has 1 aromatic heterocycles. The maximum absolute atomic E-state index is 5.88. The molecule has 0 spiro atoms. The monoisotopic (exact) mass is 264 g/mol. The molecule has 0 aliphatic heterocycles. The van der Waals surface area contributed by atoms with E-state index in [1.165, 1.54) is 25.8 Å². The molecule has 0 unspecified atom stereocenters. The summed E-state index contributed by atoms with van der Waals surface area (Å²) in [6.07, 6.45) is 4.23. The summed E-state index contributed by atoms with van der Waals surface area (Å²) < 4.78 is 5.88. The van der Waals surface area contributed by atoms with Crippen molar-refractivity contribution < 1.29 is 4.42 Å². The third kappa shape index (κ3) is 5.00. The number of hydrogen-bond acceptors (Lipinski definition) is 3. The van der Waals surface area contributed by atoms with Crippen LogP contribution in [0.15, 0.2) is 16.5 Å². The van der Waals surface area contributed by atoms with Gasteiger partial charge in [-0.1, -0.05) is 6.42 Å². The Kier molecular flexibility index (Phi) is 4.69. The summed E-state index contributed by atoms with van der Waals surface area (Å²) in [5.74, 6) is 3.02. The van der Waals surface area contributed by atoms with Gasteiger partial charge < -0.3 is 9.73 Å². The number of nitrogens with one attached hydrogen (secondary N) is 1.